The van der Waals surface area contributed by atoms with Crippen LogP contribution in [0.3, 0.4) is 0 Å². The minimum Gasteiger partial charge on any atom is -0.316 e. The summed E-state index contributed by atoms with van der Waals surface area (Å²) in [4.78, 5) is 4.56. The van der Waals surface area contributed by atoms with Crippen molar-refractivity contribution in [2.24, 2.45) is 0 Å². The van der Waals surface area contributed by atoms with E-state index in [0.29, 0.717) is 5.92 Å². The molecule has 0 amide bonds. The van der Waals surface area contributed by atoms with Gasteiger partial charge in [0.25, 0.3) is 0 Å². The number of hydrogen-bond donors (Lipinski definition) is 1. The molecule has 2 heterocycles. The highest BCUT2D eigenvalue weighted by atomic mass is 14.9. The Kier molecular flexibility index (Phi) is 2.81. The van der Waals surface area contributed by atoms with Gasteiger partial charge in [0.2, 0.25) is 0 Å². The van der Waals surface area contributed by atoms with Crippen molar-refractivity contribution in [3.8, 4) is 0 Å². The summed E-state index contributed by atoms with van der Waals surface area (Å²) in [6.07, 6.45) is 4.30. The van der Waals surface area contributed by atoms with Crippen LogP contribution in [-0.2, 0) is 6.42 Å². The molecule has 0 spiro atoms. The van der Waals surface area contributed by atoms with Gasteiger partial charge in [0.15, 0.2) is 0 Å². The summed E-state index contributed by atoms with van der Waals surface area (Å²) >= 11 is 0. The van der Waals surface area contributed by atoms with Crippen molar-refractivity contribution in [3.63, 3.8) is 0 Å². The van der Waals surface area contributed by atoms with Gasteiger partial charge in [-0.15, -0.1) is 0 Å². The van der Waals surface area contributed by atoms with Crippen molar-refractivity contribution in [2.45, 2.75) is 25.7 Å². The average molecular weight is 226 g/mol. The number of aryl methyl sites for hydroxylation is 1. The number of benzene rings is 1. The summed E-state index contributed by atoms with van der Waals surface area (Å²) in [5.41, 5.74) is 3.87. The molecule has 17 heavy (non-hydrogen) atoms. The minimum atomic E-state index is 0.673. The van der Waals surface area contributed by atoms with Crippen LogP contribution >= 0.6 is 0 Å². The van der Waals surface area contributed by atoms with E-state index < -0.39 is 0 Å². The minimum absolute atomic E-state index is 0.673. The Morgan fingerprint density at radius 1 is 1.35 bits per heavy atom. The number of rotatable bonds is 2. The van der Waals surface area contributed by atoms with E-state index in [9.17, 15) is 0 Å². The number of nitrogens with zero attached hydrogens (tertiary/aromatic N) is 1. The summed E-state index contributed by atoms with van der Waals surface area (Å²) in [6, 6.07) is 8.99. The predicted octanol–water partition coefficient (Wildman–Crippen LogP) is 2.87. The van der Waals surface area contributed by atoms with Gasteiger partial charge in [0, 0.05) is 18.1 Å². The summed E-state index contributed by atoms with van der Waals surface area (Å²) in [6.45, 7) is 4.42. The van der Waals surface area contributed by atoms with E-state index >= 15 is 0 Å². The molecule has 0 saturated carbocycles. The number of fused-ring (bicyclic) bond motifs is 1. The molecule has 1 saturated heterocycles. The second-order valence-electron chi connectivity index (χ2n) is 4.84. The van der Waals surface area contributed by atoms with E-state index in [1.807, 2.05) is 6.20 Å². The van der Waals surface area contributed by atoms with E-state index in [1.54, 1.807) is 0 Å². The topological polar surface area (TPSA) is 24.9 Å². The van der Waals surface area contributed by atoms with Crippen LogP contribution in [0.5, 0.6) is 0 Å². The Morgan fingerprint density at radius 3 is 3.06 bits per heavy atom. The first-order valence-electron chi connectivity index (χ1n) is 6.46. The highest BCUT2D eigenvalue weighted by molar-refractivity contribution is 5.79. The van der Waals surface area contributed by atoms with Crippen LogP contribution in [-0.4, -0.2) is 18.1 Å². The third-order valence-electron chi connectivity index (χ3n) is 3.70. The number of nitrogens with one attached hydrogen (secondary N) is 1. The first-order chi connectivity index (χ1) is 8.36. The molecule has 0 radical (unpaired) electrons. The standard InChI is InChI=1S/C15H18N2/c1-2-11-7-13-4-3-12(8-15(13)17-9-11)14-5-6-16-10-14/h3-4,7-9,14,16H,2,5-6,10H2,1H3. The lowest BCUT2D eigenvalue weighted by Gasteiger charge is -2.09. The van der Waals surface area contributed by atoms with Crippen LogP contribution in [0.15, 0.2) is 30.5 Å². The molecule has 2 nitrogen and oxygen atoms in total. The summed E-state index contributed by atoms with van der Waals surface area (Å²) in [7, 11) is 0. The van der Waals surface area contributed by atoms with Crippen LogP contribution < -0.4 is 5.32 Å². The number of pyridine rings is 1. The van der Waals surface area contributed by atoms with E-state index in [-0.39, 0.29) is 0 Å². The van der Waals surface area contributed by atoms with Crippen LogP contribution in [0, 0.1) is 0 Å². The second-order valence-corrected chi connectivity index (χ2v) is 4.84. The zero-order valence-corrected chi connectivity index (χ0v) is 10.2. The average Bonchev–Trinajstić information content (AvgIpc) is 2.91. The van der Waals surface area contributed by atoms with Crippen LogP contribution in [0.25, 0.3) is 10.9 Å². The molecule has 3 rings (SSSR count). The molecule has 1 aliphatic rings. The zero-order valence-electron chi connectivity index (χ0n) is 10.2. The largest absolute Gasteiger partial charge is 0.316 e. The maximum Gasteiger partial charge on any atom is 0.0705 e. The summed E-state index contributed by atoms with van der Waals surface area (Å²) in [5, 5.41) is 4.68. The molecule has 1 fully saturated rings. The zero-order chi connectivity index (χ0) is 11.7. The smallest absolute Gasteiger partial charge is 0.0705 e. The molecule has 0 aliphatic carbocycles. The molecule has 1 aliphatic heterocycles. The third kappa shape index (κ3) is 2.05. The van der Waals surface area contributed by atoms with Gasteiger partial charge >= 0.3 is 0 Å². The van der Waals surface area contributed by atoms with Gasteiger partial charge in [0.1, 0.15) is 0 Å². The van der Waals surface area contributed by atoms with Crippen molar-refractivity contribution in [1.82, 2.24) is 10.3 Å². The van der Waals surface area contributed by atoms with Gasteiger partial charge in [-0.05, 0) is 48.6 Å². The highest BCUT2D eigenvalue weighted by Gasteiger charge is 2.16. The van der Waals surface area contributed by atoms with Crippen molar-refractivity contribution in [3.05, 3.63) is 41.6 Å². The molecule has 0 bridgehead atoms. The van der Waals surface area contributed by atoms with Gasteiger partial charge in [-0.3, -0.25) is 4.98 Å². The van der Waals surface area contributed by atoms with Gasteiger partial charge in [-0.2, -0.15) is 0 Å². The Morgan fingerprint density at radius 2 is 2.29 bits per heavy atom. The maximum atomic E-state index is 4.56. The SMILES string of the molecule is CCc1cnc2cc(C3CCNC3)ccc2c1. The van der Waals surface area contributed by atoms with Gasteiger partial charge in [-0.25, -0.2) is 0 Å². The lowest BCUT2D eigenvalue weighted by Crippen LogP contribution is -2.07. The molecule has 1 aromatic carbocycles. The quantitative estimate of drug-likeness (QED) is 0.851. The Hall–Kier alpha value is -1.41. The molecule has 1 aromatic heterocycles. The van der Waals surface area contributed by atoms with Crippen LogP contribution in [0.2, 0.25) is 0 Å². The summed E-state index contributed by atoms with van der Waals surface area (Å²) in [5.74, 6) is 0.673. The van der Waals surface area contributed by atoms with E-state index in [2.05, 4.69) is 41.5 Å². The van der Waals surface area contributed by atoms with E-state index in [1.165, 1.54) is 22.9 Å². The molecule has 1 atom stereocenters. The van der Waals surface area contributed by atoms with Crippen molar-refractivity contribution < 1.29 is 0 Å². The Labute approximate surface area is 102 Å². The first-order valence-corrected chi connectivity index (χ1v) is 6.46. The number of aromatic nitrogens is 1. The van der Waals surface area contributed by atoms with Crippen molar-refractivity contribution in [1.29, 1.82) is 0 Å². The molecule has 1 unspecified atom stereocenters. The fourth-order valence-corrected chi connectivity index (χ4v) is 2.57. The van der Waals surface area contributed by atoms with Gasteiger partial charge < -0.3 is 5.32 Å². The second kappa shape index (κ2) is 4.46. The molecular formula is C15H18N2. The molecule has 2 heteroatoms. The molecule has 2 aromatic rings. The van der Waals surface area contributed by atoms with Crippen LogP contribution in [0.1, 0.15) is 30.4 Å². The van der Waals surface area contributed by atoms with Crippen molar-refractivity contribution >= 4 is 10.9 Å². The van der Waals surface area contributed by atoms with Gasteiger partial charge in [0.05, 0.1) is 5.52 Å². The maximum absolute atomic E-state index is 4.56. The van der Waals surface area contributed by atoms with E-state index in [0.717, 1.165) is 25.0 Å². The van der Waals surface area contributed by atoms with Crippen molar-refractivity contribution in [2.75, 3.05) is 13.1 Å². The van der Waals surface area contributed by atoms with Crippen LogP contribution in [0.4, 0.5) is 0 Å². The Bertz CT molecular complexity index is 527. The molecule has 88 valence electrons. The Balaban J connectivity index is 2.01. The molecule has 1 N–H and O–H groups in total. The predicted molar refractivity (Wildman–Crippen MR) is 71.3 cm³/mol. The highest BCUT2D eigenvalue weighted by Crippen LogP contribution is 2.25. The van der Waals surface area contributed by atoms with E-state index in [4.69, 9.17) is 0 Å². The fraction of sp³-hybridized carbons (Fsp3) is 0.400. The third-order valence-corrected chi connectivity index (χ3v) is 3.70. The fourth-order valence-electron chi connectivity index (χ4n) is 2.57. The lowest BCUT2D eigenvalue weighted by molar-refractivity contribution is 0.764. The first kappa shape index (κ1) is 10.7. The van der Waals surface area contributed by atoms with Gasteiger partial charge in [-0.1, -0.05) is 19.1 Å². The lowest BCUT2D eigenvalue weighted by atomic mass is 9.97. The summed E-state index contributed by atoms with van der Waals surface area (Å²) < 4.78 is 0. The normalized spacial score (nSPS) is 19.9. The molecular weight excluding hydrogens is 208 g/mol. The number of hydrogen-bond acceptors (Lipinski definition) is 2. The monoisotopic (exact) mass is 226 g/mol.